The molecule has 1 aliphatic heterocycles. The molecule has 1 aromatic rings. The van der Waals surface area contributed by atoms with Crippen molar-refractivity contribution in [3.8, 4) is 0 Å². The largest absolute Gasteiger partial charge is 0.396 e. The zero-order valence-corrected chi connectivity index (χ0v) is 10.9. The van der Waals surface area contributed by atoms with Crippen LogP contribution in [0.1, 0.15) is 49.4 Å². The maximum atomic E-state index is 8.92. The lowest BCUT2D eigenvalue weighted by Gasteiger charge is -2.23. The molecule has 1 aromatic heterocycles. The van der Waals surface area contributed by atoms with Crippen LogP contribution in [0.2, 0.25) is 0 Å². The standard InChI is InChI=1S/C14H23N3O/c18-8-6-12-9-14(16-15-12)11-5-7-17(10-11)13-3-1-2-4-13/h9,11,13,18H,1-8,10H2,(H,15,16)/t11-/m1/s1. The molecule has 18 heavy (non-hydrogen) atoms. The minimum absolute atomic E-state index is 0.195. The van der Waals surface area contributed by atoms with Crippen LogP contribution in [0.4, 0.5) is 0 Å². The predicted molar refractivity (Wildman–Crippen MR) is 70.6 cm³/mol. The molecule has 1 aliphatic carbocycles. The van der Waals surface area contributed by atoms with Gasteiger partial charge in [-0.3, -0.25) is 10.00 Å². The quantitative estimate of drug-likeness (QED) is 0.853. The fraction of sp³-hybridized carbons (Fsp3) is 0.786. The number of rotatable bonds is 4. The molecular weight excluding hydrogens is 226 g/mol. The van der Waals surface area contributed by atoms with Crippen molar-refractivity contribution in [2.24, 2.45) is 0 Å². The topological polar surface area (TPSA) is 52.1 Å². The van der Waals surface area contributed by atoms with E-state index >= 15 is 0 Å². The van der Waals surface area contributed by atoms with Crippen molar-refractivity contribution in [1.29, 1.82) is 0 Å². The first-order valence-electron chi connectivity index (χ1n) is 7.26. The number of aromatic nitrogens is 2. The second-order valence-corrected chi connectivity index (χ2v) is 5.71. The van der Waals surface area contributed by atoms with Crippen molar-refractivity contribution in [1.82, 2.24) is 15.1 Å². The number of likely N-dealkylation sites (tertiary alicyclic amines) is 1. The molecule has 0 amide bonds. The van der Waals surface area contributed by atoms with Crippen LogP contribution >= 0.6 is 0 Å². The van der Waals surface area contributed by atoms with Gasteiger partial charge in [-0.2, -0.15) is 5.10 Å². The normalized spacial score (nSPS) is 26.2. The van der Waals surface area contributed by atoms with Gasteiger partial charge < -0.3 is 5.11 Å². The number of aliphatic hydroxyl groups is 1. The number of hydrogen-bond acceptors (Lipinski definition) is 3. The van der Waals surface area contributed by atoms with Crippen LogP contribution in [-0.4, -0.2) is 45.9 Å². The summed E-state index contributed by atoms with van der Waals surface area (Å²) >= 11 is 0. The Morgan fingerprint density at radius 1 is 1.33 bits per heavy atom. The van der Waals surface area contributed by atoms with E-state index in [0.717, 1.165) is 11.7 Å². The van der Waals surface area contributed by atoms with Gasteiger partial charge in [-0.25, -0.2) is 0 Å². The Morgan fingerprint density at radius 3 is 2.94 bits per heavy atom. The molecule has 3 rings (SSSR count). The fourth-order valence-electron chi connectivity index (χ4n) is 3.47. The number of nitrogens with one attached hydrogen (secondary N) is 1. The van der Waals surface area contributed by atoms with E-state index in [-0.39, 0.29) is 6.61 Å². The van der Waals surface area contributed by atoms with Gasteiger partial charge in [0.25, 0.3) is 0 Å². The van der Waals surface area contributed by atoms with Gasteiger partial charge in [-0.05, 0) is 31.9 Å². The second kappa shape index (κ2) is 5.41. The number of aliphatic hydroxyl groups excluding tert-OH is 1. The molecule has 0 bridgehead atoms. The average Bonchev–Trinajstić information content (AvgIpc) is 3.10. The van der Waals surface area contributed by atoms with Crippen LogP contribution in [0.25, 0.3) is 0 Å². The molecule has 2 fully saturated rings. The van der Waals surface area contributed by atoms with E-state index in [1.807, 2.05) is 0 Å². The third kappa shape index (κ3) is 2.45. The first-order valence-corrected chi connectivity index (χ1v) is 7.26. The summed E-state index contributed by atoms with van der Waals surface area (Å²) < 4.78 is 0. The maximum absolute atomic E-state index is 8.92. The van der Waals surface area contributed by atoms with Crippen molar-refractivity contribution in [3.05, 3.63) is 17.5 Å². The van der Waals surface area contributed by atoms with Gasteiger partial charge in [0.1, 0.15) is 0 Å². The summed E-state index contributed by atoms with van der Waals surface area (Å²) in [5.41, 5.74) is 2.26. The molecule has 4 heteroatoms. The maximum Gasteiger partial charge on any atom is 0.0669 e. The van der Waals surface area contributed by atoms with Crippen molar-refractivity contribution >= 4 is 0 Å². The van der Waals surface area contributed by atoms with E-state index in [0.29, 0.717) is 12.3 Å². The van der Waals surface area contributed by atoms with Gasteiger partial charge in [0, 0.05) is 37.2 Å². The highest BCUT2D eigenvalue weighted by molar-refractivity contribution is 5.15. The van der Waals surface area contributed by atoms with E-state index in [1.165, 1.54) is 50.9 Å². The van der Waals surface area contributed by atoms with Crippen molar-refractivity contribution in [2.45, 2.75) is 50.5 Å². The summed E-state index contributed by atoms with van der Waals surface area (Å²) in [5, 5.41) is 16.4. The SMILES string of the molecule is OCCc1cc([C@@H]2CCN(C3CCCC3)C2)n[nH]1. The van der Waals surface area contributed by atoms with E-state index < -0.39 is 0 Å². The van der Waals surface area contributed by atoms with Gasteiger partial charge in [0.2, 0.25) is 0 Å². The van der Waals surface area contributed by atoms with Crippen molar-refractivity contribution < 1.29 is 5.11 Å². The Labute approximate surface area is 108 Å². The van der Waals surface area contributed by atoms with Crippen molar-refractivity contribution in [3.63, 3.8) is 0 Å². The zero-order chi connectivity index (χ0) is 12.4. The van der Waals surface area contributed by atoms with Gasteiger partial charge in [0.15, 0.2) is 0 Å². The highest BCUT2D eigenvalue weighted by atomic mass is 16.3. The summed E-state index contributed by atoms with van der Waals surface area (Å²) in [6.45, 7) is 2.60. The summed E-state index contributed by atoms with van der Waals surface area (Å²) in [7, 11) is 0. The summed E-state index contributed by atoms with van der Waals surface area (Å²) in [4.78, 5) is 2.66. The van der Waals surface area contributed by atoms with Gasteiger partial charge >= 0.3 is 0 Å². The average molecular weight is 249 g/mol. The number of nitrogens with zero attached hydrogens (tertiary/aromatic N) is 2. The molecule has 2 N–H and O–H groups in total. The Bertz CT molecular complexity index is 384. The Hall–Kier alpha value is -0.870. The van der Waals surface area contributed by atoms with Crippen LogP contribution < -0.4 is 0 Å². The van der Waals surface area contributed by atoms with E-state index in [4.69, 9.17) is 5.11 Å². The summed E-state index contributed by atoms with van der Waals surface area (Å²) in [6, 6.07) is 2.98. The van der Waals surface area contributed by atoms with Crippen molar-refractivity contribution in [2.75, 3.05) is 19.7 Å². The highest BCUT2D eigenvalue weighted by Gasteiger charge is 2.31. The molecule has 2 heterocycles. The van der Waals surface area contributed by atoms with Gasteiger partial charge in [-0.15, -0.1) is 0 Å². The number of aromatic amines is 1. The van der Waals surface area contributed by atoms with Gasteiger partial charge in [0.05, 0.1) is 5.69 Å². The highest BCUT2D eigenvalue weighted by Crippen LogP contribution is 2.32. The Kier molecular flexibility index (Phi) is 3.66. The zero-order valence-electron chi connectivity index (χ0n) is 10.9. The molecule has 1 saturated heterocycles. The lowest BCUT2D eigenvalue weighted by atomic mass is 10.0. The first kappa shape index (κ1) is 12.2. The molecule has 1 saturated carbocycles. The lowest BCUT2D eigenvalue weighted by Crippen LogP contribution is -2.30. The summed E-state index contributed by atoms with van der Waals surface area (Å²) in [5.74, 6) is 0.592. The molecule has 0 radical (unpaired) electrons. The fourth-order valence-corrected chi connectivity index (χ4v) is 3.47. The second-order valence-electron chi connectivity index (χ2n) is 5.71. The molecule has 2 aliphatic rings. The molecular formula is C14H23N3O. The minimum Gasteiger partial charge on any atom is -0.396 e. The Balaban J connectivity index is 1.60. The molecule has 0 spiro atoms. The van der Waals surface area contributed by atoms with Crippen LogP contribution in [0.15, 0.2) is 6.07 Å². The first-order chi connectivity index (χ1) is 8.86. The van der Waals surface area contributed by atoms with Gasteiger partial charge in [-0.1, -0.05) is 12.8 Å². The van der Waals surface area contributed by atoms with E-state index in [9.17, 15) is 0 Å². The number of H-pyrrole nitrogens is 1. The van der Waals surface area contributed by atoms with Crippen LogP contribution in [0.5, 0.6) is 0 Å². The molecule has 1 atom stereocenters. The van der Waals surface area contributed by atoms with Crippen LogP contribution in [0.3, 0.4) is 0 Å². The molecule has 4 nitrogen and oxygen atoms in total. The number of hydrogen-bond donors (Lipinski definition) is 2. The minimum atomic E-state index is 0.195. The lowest BCUT2D eigenvalue weighted by molar-refractivity contribution is 0.243. The van der Waals surface area contributed by atoms with Crippen LogP contribution in [-0.2, 0) is 6.42 Å². The van der Waals surface area contributed by atoms with E-state index in [1.54, 1.807) is 0 Å². The predicted octanol–water partition coefficient (Wildman–Crippen LogP) is 1.68. The van der Waals surface area contributed by atoms with Crippen LogP contribution in [0, 0.1) is 0 Å². The molecule has 100 valence electrons. The third-order valence-corrected chi connectivity index (χ3v) is 4.51. The Morgan fingerprint density at radius 2 is 2.17 bits per heavy atom. The van der Waals surface area contributed by atoms with E-state index in [2.05, 4.69) is 21.2 Å². The molecule has 0 unspecified atom stereocenters. The smallest absolute Gasteiger partial charge is 0.0669 e. The monoisotopic (exact) mass is 249 g/mol. The molecule has 0 aromatic carbocycles. The third-order valence-electron chi connectivity index (χ3n) is 4.51. The summed E-state index contributed by atoms with van der Waals surface area (Å²) in [6.07, 6.45) is 7.53.